The summed E-state index contributed by atoms with van der Waals surface area (Å²) >= 11 is 0. The third-order valence-corrected chi connectivity index (χ3v) is 11.0. The number of aromatic nitrogens is 4. The van der Waals surface area contributed by atoms with Gasteiger partial charge >= 0.3 is 0 Å². The Hall–Kier alpha value is -4.84. The van der Waals surface area contributed by atoms with Gasteiger partial charge in [0, 0.05) is 78.6 Å². The lowest BCUT2D eigenvalue weighted by Crippen LogP contribution is -2.20. The Morgan fingerprint density at radius 1 is 0.404 bits per heavy atom. The van der Waals surface area contributed by atoms with Crippen LogP contribution in [0, 0.1) is 0 Å². The van der Waals surface area contributed by atoms with Gasteiger partial charge in [0.15, 0.2) is 0 Å². The molecule has 1 aliphatic rings. The van der Waals surface area contributed by atoms with Gasteiger partial charge < -0.3 is 29.4 Å². The van der Waals surface area contributed by atoms with Crippen molar-refractivity contribution in [2.45, 2.75) is 104 Å². The summed E-state index contributed by atoms with van der Waals surface area (Å²) in [6, 6.07) is 30.9. The van der Waals surface area contributed by atoms with Crippen molar-refractivity contribution in [1.82, 2.24) is 19.9 Å². The first-order chi connectivity index (χ1) is 25.1. The van der Waals surface area contributed by atoms with Crippen molar-refractivity contribution >= 4 is 0 Å². The SMILES string of the molecule is CCCCCCOc1cc2cc(c1)-c1ccc([nH]1)C(C)(C)c1ccc([nH]1)-c1cc(OCCCCCC)cc(c1)-c1ccc([nH]1)C(C)(C)c1ccc-2[nH]1. The van der Waals surface area contributed by atoms with Crippen LogP contribution in [0.15, 0.2) is 84.9 Å². The third kappa shape index (κ3) is 7.39. The van der Waals surface area contributed by atoms with E-state index in [2.05, 4.69) is 146 Å². The van der Waals surface area contributed by atoms with Crippen LogP contribution in [0.4, 0.5) is 0 Å². The summed E-state index contributed by atoms with van der Waals surface area (Å²) in [5.74, 6) is 1.79. The maximum Gasteiger partial charge on any atom is 0.120 e. The molecule has 0 unspecified atom stereocenters. The minimum Gasteiger partial charge on any atom is -0.494 e. The van der Waals surface area contributed by atoms with Crippen LogP contribution in [0.25, 0.3) is 45.0 Å². The highest BCUT2D eigenvalue weighted by Gasteiger charge is 2.29. The average Bonchev–Trinajstić information content (AvgIpc) is 3.98. The van der Waals surface area contributed by atoms with Crippen LogP contribution in [0.1, 0.15) is 116 Å². The smallest absolute Gasteiger partial charge is 0.120 e. The lowest BCUT2D eigenvalue weighted by molar-refractivity contribution is 0.305. The van der Waals surface area contributed by atoms with Gasteiger partial charge in [-0.3, -0.25) is 0 Å². The molecule has 2 aromatic carbocycles. The Morgan fingerprint density at radius 3 is 1.00 bits per heavy atom. The van der Waals surface area contributed by atoms with Crippen LogP contribution in [0.3, 0.4) is 0 Å². The number of unbranched alkanes of at least 4 members (excludes halogenated alkanes) is 6. The summed E-state index contributed by atoms with van der Waals surface area (Å²) in [7, 11) is 0. The number of fused-ring (bicyclic) bond motifs is 16. The molecule has 0 aliphatic carbocycles. The summed E-state index contributed by atoms with van der Waals surface area (Å²) in [5.41, 5.74) is 12.7. The third-order valence-electron chi connectivity index (χ3n) is 11.0. The van der Waals surface area contributed by atoms with Gasteiger partial charge in [-0.2, -0.15) is 0 Å². The molecule has 52 heavy (non-hydrogen) atoms. The van der Waals surface area contributed by atoms with Crippen LogP contribution < -0.4 is 9.47 Å². The summed E-state index contributed by atoms with van der Waals surface area (Å²) in [6.45, 7) is 15.0. The van der Waals surface area contributed by atoms with Crippen molar-refractivity contribution in [2.24, 2.45) is 0 Å². The van der Waals surface area contributed by atoms with Crippen molar-refractivity contribution in [2.75, 3.05) is 13.2 Å². The molecule has 6 heteroatoms. The molecule has 0 spiro atoms. The number of nitrogens with one attached hydrogen (secondary N) is 4. The first kappa shape index (κ1) is 35.6. The molecule has 0 atom stereocenters. The Morgan fingerprint density at radius 2 is 0.712 bits per heavy atom. The maximum atomic E-state index is 6.41. The molecule has 4 aromatic heterocycles. The molecule has 7 rings (SSSR count). The zero-order valence-electron chi connectivity index (χ0n) is 32.0. The van der Waals surface area contributed by atoms with Crippen molar-refractivity contribution < 1.29 is 9.47 Å². The van der Waals surface area contributed by atoms with Gasteiger partial charge in [-0.1, -0.05) is 52.4 Å². The molecule has 0 fully saturated rings. The number of hydrogen-bond donors (Lipinski definition) is 4. The van der Waals surface area contributed by atoms with E-state index in [0.29, 0.717) is 13.2 Å². The van der Waals surface area contributed by atoms with Crippen molar-refractivity contribution in [3.63, 3.8) is 0 Å². The summed E-state index contributed by atoms with van der Waals surface area (Å²) < 4.78 is 12.8. The highest BCUT2D eigenvalue weighted by molar-refractivity contribution is 5.75. The van der Waals surface area contributed by atoms with Crippen LogP contribution in [-0.4, -0.2) is 33.1 Å². The Labute approximate surface area is 309 Å². The van der Waals surface area contributed by atoms with Gasteiger partial charge in [-0.05, 0) is 125 Å². The number of H-pyrrole nitrogens is 4. The molecule has 0 radical (unpaired) electrons. The second-order valence-electron chi connectivity index (χ2n) is 15.7. The highest BCUT2D eigenvalue weighted by Crippen LogP contribution is 2.40. The molecule has 272 valence electrons. The fourth-order valence-corrected chi connectivity index (χ4v) is 7.43. The molecule has 12 bridgehead atoms. The molecule has 0 saturated heterocycles. The maximum absolute atomic E-state index is 6.41. The number of benzene rings is 2. The second kappa shape index (κ2) is 15.0. The monoisotopic (exact) mass is 696 g/mol. The van der Waals surface area contributed by atoms with Crippen LogP contribution in [-0.2, 0) is 10.8 Å². The van der Waals surface area contributed by atoms with E-state index in [4.69, 9.17) is 9.47 Å². The van der Waals surface area contributed by atoms with Crippen LogP contribution in [0.5, 0.6) is 11.5 Å². The molecular weight excluding hydrogens is 641 g/mol. The molecule has 6 nitrogen and oxygen atoms in total. The largest absolute Gasteiger partial charge is 0.494 e. The fraction of sp³-hybridized carbons (Fsp3) is 0.391. The average molecular weight is 697 g/mol. The molecule has 4 N–H and O–H groups in total. The van der Waals surface area contributed by atoms with Crippen molar-refractivity contribution in [1.29, 1.82) is 0 Å². The van der Waals surface area contributed by atoms with E-state index in [1.165, 1.54) is 38.5 Å². The van der Waals surface area contributed by atoms with E-state index in [-0.39, 0.29) is 10.8 Å². The number of hydrogen-bond acceptors (Lipinski definition) is 2. The molecule has 0 amide bonds. The molecule has 5 heterocycles. The van der Waals surface area contributed by atoms with Crippen LogP contribution >= 0.6 is 0 Å². The van der Waals surface area contributed by atoms with Crippen molar-refractivity contribution in [3.05, 3.63) is 108 Å². The quantitative estimate of drug-likeness (QED) is 0.0961. The Bertz CT molecular complexity index is 1830. The zero-order valence-corrected chi connectivity index (χ0v) is 32.0. The standard InChI is InChI=1S/C46H56N4O2/c1-7-9-11-13-23-51-35-27-31-25-32(28-35)38-16-20-42(48-38)46(5,6)44-22-18-40(50-44)34-26-33(29-36(30-34)52-24-14-12-10-8-2)39-17-21-43(49-39)45(3,4)41-19-15-37(31)47-41/h15-22,25-30,47-50H,7-14,23-24H2,1-6H3. The van der Waals surface area contributed by atoms with Gasteiger partial charge in [-0.15, -0.1) is 0 Å². The van der Waals surface area contributed by atoms with Crippen LogP contribution in [0.2, 0.25) is 0 Å². The second-order valence-corrected chi connectivity index (χ2v) is 15.7. The number of rotatable bonds is 12. The highest BCUT2D eigenvalue weighted by atomic mass is 16.5. The summed E-state index contributed by atoms with van der Waals surface area (Å²) in [4.78, 5) is 15.2. The minimum atomic E-state index is -0.294. The number of ether oxygens (including phenoxy) is 2. The lowest BCUT2D eigenvalue weighted by atomic mass is 9.86. The Kier molecular flexibility index (Phi) is 10.3. The van der Waals surface area contributed by atoms with E-state index in [1.807, 2.05) is 0 Å². The van der Waals surface area contributed by atoms with E-state index in [9.17, 15) is 0 Å². The predicted octanol–water partition coefficient (Wildman–Crippen LogP) is 12.6. The van der Waals surface area contributed by atoms with E-state index < -0.39 is 0 Å². The summed E-state index contributed by atoms with van der Waals surface area (Å²) in [6.07, 6.45) is 9.40. The molecule has 6 aromatic rings. The fourth-order valence-electron chi connectivity index (χ4n) is 7.43. The number of aromatic amines is 4. The van der Waals surface area contributed by atoms with Gasteiger partial charge in [-0.25, -0.2) is 0 Å². The van der Waals surface area contributed by atoms with Gasteiger partial charge in [0.2, 0.25) is 0 Å². The summed E-state index contributed by atoms with van der Waals surface area (Å²) in [5, 5.41) is 0. The normalized spacial score (nSPS) is 14.3. The molecule has 1 aliphatic heterocycles. The van der Waals surface area contributed by atoms with Crippen molar-refractivity contribution in [3.8, 4) is 56.5 Å². The van der Waals surface area contributed by atoms with E-state index >= 15 is 0 Å². The first-order valence-electron chi connectivity index (χ1n) is 19.5. The Balaban J connectivity index is 1.32. The topological polar surface area (TPSA) is 81.6 Å². The van der Waals surface area contributed by atoms with Gasteiger partial charge in [0.1, 0.15) is 11.5 Å². The molecule has 0 saturated carbocycles. The predicted molar refractivity (Wildman–Crippen MR) is 216 cm³/mol. The zero-order chi connectivity index (χ0) is 36.3. The van der Waals surface area contributed by atoms with Gasteiger partial charge in [0.25, 0.3) is 0 Å². The molecular formula is C46H56N4O2. The lowest BCUT2D eigenvalue weighted by Gasteiger charge is -2.23. The minimum absolute atomic E-state index is 0.294. The first-order valence-corrected chi connectivity index (χ1v) is 19.5. The van der Waals surface area contributed by atoms with E-state index in [0.717, 1.165) is 92.1 Å². The van der Waals surface area contributed by atoms with E-state index in [1.54, 1.807) is 0 Å². The van der Waals surface area contributed by atoms with Gasteiger partial charge in [0.05, 0.1) is 13.2 Å².